The maximum atomic E-state index is 11.8. The molecule has 2 aromatic rings. The molecule has 13 nitrogen and oxygen atoms in total. The highest BCUT2D eigenvalue weighted by atomic mass is 31.2. The molecule has 0 aliphatic carbocycles. The number of rotatable bonds is 4. The summed E-state index contributed by atoms with van der Waals surface area (Å²) in [7, 11) is -4.76. The second kappa shape index (κ2) is 5.89. The second-order valence-electron chi connectivity index (χ2n) is 5.16. The summed E-state index contributed by atoms with van der Waals surface area (Å²) in [5, 5.41) is 20.1. The number of fused-ring (bicyclic) bond motifs is 1. The lowest BCUT2D eigenvalue weighted by Crippen LogP contribution is -2.46. The van der Waals surface area contributed by atoms with Crippen LogP contribution in [-0.4, -0.2) is 59.9 Å². The normalized spacial score (nSPS) is 27.8. The molecule has 1 saturated heterocycles. The van der Waals surface area contributed by atoms with Crippen molar-refractivity contribution < 1.29 is 38.4 Å². The maximum Gasteiger partial charge on any atom is 0.469 e. The minimum atomic E-state index is -4.76. The molecule has 1 aliphatic rings. The van der Waals surface area contributed by atoms with Crippen molar-refractivity contribution in [2.75, 3.05) is 12.3 Å². The van der Waals surface area contributed by atoms with Gasteiger partial charge in [-0.15, -0.1) is 0 Å². The number of imidazole rings is 1. The van der Waals surface area contributed by atoms with E-state index in [1.807, 2.05) is 0 Å². The summed E-state index contributed by atoms with van der Waals surface area (Å²) in [6, 6.07) is 0. The lowest BCUT2D eigenvalue weighted by molar-refractivity contribution is -0.745. The number of nitrogens with zero attached hydrogens (tertiary/aromatic N) is 2. The first-order valence-corrected chi connectivity index (χ1v) is 8.20. The van der Waals surface area contributed by atoms with E-state index < -0.39 is 44.5 Å². The molecule has 0 radical (unpaired) electrons. The van der Waals surface area contributed by atoms with Crippen LogP contribution in [0.1, 0.15) is 6.23 Å². The number of aromatic nitrogens is 4. The van der Waals surface area contributed by atoms with Gasteiger partial charge in [0.1, 0.15) is 18.3 Å². The summed E-state index contributed by atoms with van der Waals surface area (Å²) >= 11 is 0. The van der Waals surface area contributed by atoms with Crippen molar-refractivity contribution in [3.63, 3.8) is 0 Å². The fourth-order valence-electron chi connectivity index (χ4n) is 2.45. The van der Waals surface area contributed by atoms with Crippen LogP contribution in [-0.2, 0) is 13.8 Å². The Balaban J connectivity index is 1.90. The number of nitrogens with one attached hydrogen (secondary N) is 2. The minimum absolute atomic E-state index is 0.0732. The first-order valence-electron chi connectivity index (χ1n) is 6.67. The molecule has 0 aromatic carbocycles. The molecule has 1 aliphatic heterocycles. The predicted molar refractivity (Wildman–Crippen MR) is 75.2 cm³/mol. The second-order valence-corrected chi connectivity index (χ2v) is 6.40. The zero-order valence-electron chi connectivity index (χ0n) is 11.9. The number of aliphatic hydroxyl groups is 2. The van der Waals surface area contributed by atoms with Crippen molar-refractivity contribution in [2.45, 2.75) is 24.5 Å². The smallest absolute Gasteiger partial charge is 0.387 e. The van der Waals surface area contributed by atoms with Gasteiger partial charge in [-0.05, 0) is 0 Å². The van der Waals surface area contributed by atoms with Gasteiger partial charge in [0.15, 0.2) is 6.33 Å². The molecule has 2 aromatic heterocycles. The first kappa shape index (κ1) is 17.0. The van der Waals surface area contributed by atoms with Crippen molar-refractivity contribution in [3.05, 3.63) is 16.7 Å². The van der Waals surface area contributed by atoms with Gasteiger partial charge in [-0.25, -0.2) is 9.13 Å². The molecule has 0 bridgehead atoms. The number of nitrogens with two attached hydrogens (primary N) is 1. The number of H-pyrrole nitrogens is 2. The van der Waals surface area contributed by atoms with E-state index in [1.165, 1.54) is 10.9 Å². The Labute approximate surface area is 132 Å². The van der Waals surface area contributed by atoms with Gasteiger partial charge in [0.05, 0.1) is 6.61 Å². The molecule has 14 heteroatoms. The number of aliphatic hydroxyl groups excluding tert-OH is 2. The molecule has 3 heterocycles. The van der Waals surface area contributed by atoms with Gasteiger partial charge in [0, 0.05) is 0 Å². The van der Waals surface area contributed by atoms with Crippen LogP contribution in [0.5, 0.6) is 0 Å². The van der Waals surface area contributed by atoms with E-state index in [2.05, 4.69) is 19.5 Å². The van der Waals surface area contributed by atoms with E-state index in [9.17, 15) is 19.6 Å². The van der Waals surface area contributed by atoms with Gasteiger partial charge in [0.25, 0.3) is 11.5 Å². The Morgan fingerprint density at radius 2 is 2.12 bits per heavy atom. The number of phosphoric acid groups is 1. The third-order valence-corrected chi connectivity index (χ3v) is 4.01. The lowest BCUT2D eigenvalue weighted by Gasteiger charge is -2.14. The summed E-state index contributed by atoms with van der Waals surface area (Å²) in [5.41, 5.74) is 5.09. The SMILES string of the molecule is Nc1nc2c([nH]c[n+]2[C@@H]2O[C@H](COP(=O)(O)O)[C@@H](O)[C@H]2O)c(=O)[nH]1. The molecule has 24 heavy (non-hydrogen) atoms. The zero-order chi connectivity index (χ0) is 17.6. The Morgan fingerprint density at radius 3 is 2.79 bits per heavy atom. The van der Waals surface area contributed by atoms with Gasteiger partial charge in [-0.1, -0.05) is 4.98 Å². The molecule has 4 atom stereocenters. The molecular formula is C10H15N5O8P+. The maximum absolute atomic E-state index is 11.8. The Bertz CT molecular complexity index is 861. The van der Waals surface area contributed by atoms with Crippen LogP contribution in [0.4, 0.5) is 5.95 Å². The number of hydrogen-bond acceptors (Lipinski definition) is 8. The quantitative estimate of drug-likeness (QED) is 0.214. The van der Waals surface area contributed by atoms with E-state index in [4.69, 9.17) is 20.3 Å². The number of phosphoric ester groups is 1. The van der Waals surface area contributed by atoms with Crippen LogP contribution in [0, 0.1) is 0 Å². The summed E-state index contributed by atoms with van der Waals surface area (Å²) < 4.78 is 21.7. The highest BCUT2D eigenvalue weighted by Crippen LogP contribution is 2.37. The van der Waals surface area contributed by atoms with Gasteiger partial charge in [0.2, 0.25) is 11.7 Å². The van der Waals surface area contributed by atoms with Crippen molar-refractivity contribution in [3.8, 4) is 0 Å². The average Bonchev–Trinajstić information content (AvgIpc) is 3.00. The molecule has 132 valence electrons. The number of aromatic amines is 2. The van der Waals surface area contributed by atoms with Gasteiger partial charge >= 0.3 is 13.5 Å². The Kier molecular flexibility index (Phi) is 4.17. The highest BCUT2D eigenvalue weighted by molar-refractivity contribution is 7.46. The van der Waals surface area contributed by atoms with E-state index >= 15 is 0 Å². The molecule has 1 fully saturated rings. The Hall–Kier alpha value is -1.86. The fraction of sp³-hybridized carbons (Fsp3) is 0.500. The lowest BCUT2D eigenvalue weighted by atomic mass is 10.1. The van der Waals surface area contributed by atoms with E-state index in [0.29, 0.717) is 0 Å². The van der Waals surface area contributed by atoms with Crippen molar-refractivity contribution in [1.29, 1.82) is 0 Å². The zero-order valence-corrected chi connectivity index (χ0v) is 12.8. The summed E-state index contributed by atoms with van der Waals surface area (Å²) in [5.74, 6) is -0.157. The number of ether oxygens (including phenoxy) is 1. The largest absolute Gasteiger partial charge is 0.469 e. The van der Waals surface area contributed by atoms with Gasteiger partial charge in [-0.3, -0.25) is 19.3 Å². The summed E-state index contributed by atoms with van der Waals surface area (Å²) in [4.78, 5) is 38.0. The van der Waals surface area contributed by atoms with Crippen LogP contribution in [0.2, 0.25) is 0 Å². The van der Waals surface area contributed by atoms with E-state index in [0.717, 1.165) is 0 Å². The van der Waals surface area contributed by atoms with Crippen molar-refractivity contribution in [1.82, 2.24) is 15.0 Å². The highest BCUT2D eigenvalue weighted by Gasteiger charge is 2.47. The van der Waals surface area contributed by atoms with Crippen LogP contribution in [0.15, 0.2) is 11.1 Å². The van der Waals surface area contributed by atoms with Crippen LogP contribution in [0.3, 0.4) is 0 Å². The third-order valence-electron chi connectivity index (χ3n) is 3.53. The molecule has 8 N–H and O–H groups in total. The minimum Gasteiger partial charge on any atom is -0.387 e. The van der Waals surface area contributed by atoms with Crippen LogP contribution < -0.4 is 15.9 Å². The molecular weight excluding hydrogens is 349 g/mol. The molecule has 0 spiro atoms. The Morgan fingerprint density at radius 1 is 1.42 bits per heavy atom. The van der Waals surface area contributed by atoms with E-state index in [1.54, 1.807) is 0 Å². The van der Waals surface area contributed by atoms with Gasteiger partial charge in [-0.2, -0.15) is 0 Å². The van der Waals surface area contributed by atoms with Crippen LogP contribution in [0.25, 0.3) is 11.2 Å². The van der Waals surface area contributed by atoms with E-state index in [-0.39, 0.29) is 17.1 Å². The standard InChI is InChI=1S/C10H14N5O8P/c11-10-13-7-4(8(18)14-10)12-2-15(7)9-6(17)5(16)3(23-9)1-22-24(19,20)21/h2-3,5-6,9,16-17H,1H2,(H5,11,13,14,18,19,20,21)/p+1/t3-,5-,6-,9-/m1/s1. The summed E-state index contributed by atoms with van der Waals surface area (Å²) in [6.45, 7) is -0.641. The molecule has 0 unspecified atom stereocenters. The number of anilines is 1. The van der Waals surface area contributed by atoms with Crippen LogP contribution >= 0.6 is 7.82 Å². The third kappa shape index (κ3) is 3.06. The fourth-order valence-corrected chi connectivity index (χ4v) is 2.79. The number of nitrogen functional groups attached to an aromatic ring is 1. The van der Waals surface area contributed by atoms with Crippen molar-refractivity contribution in [2.24, 2.45) is 0 Å². The first-order chi connectivity index (χ1) is 11.2. The van der Waals surface area contributed by atoms with Gasteiger partial charge < -0.3 is 30.5 Å². The molecule has 0 amide bonds. The monoisotopic (exact) mass is 364 g/mol. The topological polar surface area (TPSA) is 208 Å². The molecule has 0 saturated carbocycles. The predicted octanol–water partition coefficient (Wildman–Crippen LogP) is -3.15. The molecule has 3 rings (SSSR count). The number of hydrogen-bond donors (Lipinski definition) is 7. The summed E-state index contributed by atoms with van der Waals surface area (Å²) in [6.07, 6.45) is -4.01. The van der Waals surface area contributed by atoms with Crippen molar-refractivity contribution >= 4 is 24.9 Å². The average molecular weight is 364 g/mol.